The fraction of sp³-hybridized carbons (Fsp3) is 0.409. The largest absolute Gasteiger partial charge is 0.322 e. The van der Waals surface area contributed by atoms with E-state index in [0.29, 0.717) is 18.7 Å². The minimum Gasteiger partial charge on any atom is -0.322 e. The number of hydrogen-bond acceptors (Lipinski definition) is 3. The van der Waals surface area contributed by atoms with Crippen LogP contribution in [0.15, 0.2) is 41.3 Å². The van der Waals surface area contributed by atoms with Gasteiger partial charge < -0.3 is 5.32 Å². The van der Waals surface area contributed by atoms with Gasteiger partial charge in [0.2, 0.25) is 10.0 Å². The molecule has 0 saturated carbocycles. The van der Waals surface area contributed by atoms with E-state index in [-0.39, 0.29) is 10.8 Å². The van der Waals surface area contributed by atoms with E-state index in [4.69, 9.17) is 0 Å². The van der Waals surface area contributed by atoms with Gasteiger partial charge in [-0.25, -0.2) is 8.42 Å². The summed E-state index contributed by atoms with van der Waals surface area (Å²) >= 11 is 0. The van der Waals surface area contributed by atoms with Gasteiger partial charge in [0, 0.05) is 24.3 Å². The molecule has 2 aromatic carbocycles. The van der Waals surface area contributed by atoms with Crippen molar-refractivity contribution in [3.8, 4) is 0 Å². The lowest BCUT2D eigenvalue weighted by Gasteiger charge is -2.20. The van der Waals surface area contributed by atoms with Gasteiger partial charge in [-0.2, -0.15) is 4.31 Å². The molecule has 0 bridgehead atoms. The smallest absolute Gasteiger partial charge is 0.255 e. The van der Waals surface area contributed by atoms with Crippen LogP contribution in [0.2, 0.25) is 0 Å². The number of aryl methyl sites for hydroxylation is 2. The third-order valence-corrected chi connectivity index (χ3v) is 7.40. The first kappa shape index (κ1) is 20.6. The second-order valence-electron chi connectivity index (χ2n) is 7.50. The Labute approximate surface area is 167 Å². The molecule has 1 amide bonds. The first-order valence-corrected chi connectivity index (χ1v) is 11.2. The van der Waals surface area contributed by atoms with E-state index in [9.17, 15) is 13.2 Å². The summed E-state index contributed by atoms with van der Waals surface area (Å²) in [5, 5.41) is 2.93. The van der Waals surface area contributed by atoms with Crippen LogP contribution < -0.4 is 5.32 Å². The van der Waals surface area contributed by atoms with E-state index in [1.54, 1.807) is 16.4 Å². The van der Waals surface area contributed by atoms with Crippen molar-refractivity contribution in [2.24, 2.45) is 0 Å². The zero-order valence-corrected chi connectivity index (χ0v) is 17.6. The minimum absolute atomic E-state index is 0.186. The summed E-state index contributed by atoms with van der Waals surface area (Å²) in [6, 6.07) is 10.6. The lowest BCUT2D eigenvalue weighted by molar-refractivity contribution is 0.102. The summed E-state index contributed by atoms with van der Waals surface area (Å²) < 4.78 is 27.7. The van der Waals surface area contributed by atoms with E-state index in [0.717, 1.165) is 48.1 Å². The molecule has 1 saturated heterocycles. The SMILES string of the molecule is Cc1ccc(S(=O)(=O)N2CCCCCC2)cc1C(=O)Nc1cccc(C)c1C. The highest BCUT2D eigenvalue weighted by molar-refractivity contribution is 7.89. The molecular weight excluding hydrogens is 372 g/mol. The summed E-state index contributed by atoms with van der Waals surface area (Å²) in [6.45, 7) is 6.85. The van der Waals surface area contributed by atoms with Crippen molar-refractivity contribution in [2.45, 2.75) is 51.3 Å². The van der Waals surface area contributed by atoms with Gasteiger partial charge in [0.1, 0.15) is 0 Å². The van der Waals surface area contributed by atoms with Crippen LogP contribution >= 0.6 is 0 Å². The zero-order chi connectivity index (χ0) is 20.3. The van der Waals surface area contributed by atoms with Crippen molar-refractivity contribution in [1.82, 2.24) is 4.31 Å². The predicted octanol–water partition coefficient (Wildman–Crippen LogP) is 4.43. The van der Waals surface area contributed by atoms with Gasteiger partial charge in [-0.05, 0) is 68.5 Å². The highest BCUT2D eigenvalue weighted by atomic mass is 32.2. The maximum Gasteiger partial charge on any atom is 0.255 e. The Hall–Kier alpha value is -2.18. The molecule has 1 aliphatic heterocycles. The molecule has 2 aromatic rings. The maximum atomic E-state index is 13.1. The molecule has 1 N–H and O–H groups in total. The molecule has 1 aliphatic rings. The molecule has 0 aromatic heterocycles. The first-order valence-electron chi connectivity index (χ1n) is 9.79. The second kappa shape index (κ2) is 8.45. The van der Waals surface area contributed by atoms with E-state index < -0.39 is 10.0 Å². The second-order valence-corrected chi connectivity index (χ2v) is 9.43. The van der Waals surface area contributed by atoms with E-state index in [1.807, 2.05) is 39.0 Å². The summed E-state index contributed by atoms with van der Waals surface area (Å²) in [6.07, 6.45) is 3.88. The molecular formula is C22H28N2O3S. The molecule has 6 heteroatoms. The van der Waals surface area contributed by atoms with Crippen LogP contribution in [0.25, 0.3) is 0 Å². The molecule has 5 nitrogen and oxygen atoms in total. The van der Waals surface area contributed by atoms with Crippen LogP contribution in [0.3, 0.4) is 0 Å². The van der Waals surface area contributed by atoms with E-state index >= 15 is 0 Å². The lowest BCUT2D eigenvalue weighted by atomic mass is 10.1. The Morgan fingerprint density at radius 1 is 0.929 bits per heavy atom. The van der Waals surface area contributed by atoms with Gasteiger partial charge in [0.15, 0.2) is 0 Å². The summed E-state index contributed by atoms with van der Waals surface area (Å²) in [5.74, 6) is -0.292. The highest BCUT2D eigenvalue weighted by Gasteiger charge is 2.26. The third kappa shape index (κ3) is 4.28. The van der Waals surface area contributed by atoms with Crippen molar-refractivity contribution in [3.63, 3.8) is 0 Å². The highest BCUT2D eigenvalue weighted by Crippen LogP contribution is 2.24. The van der Waals surface area contributed by atoms with Gasteiger partial charge in [-0.3, -0.25) is 4.79 Å². The number of sulfonamides is 1. The number of benzene rings is 2. The maximum absolute atomic E-state index is 13.1. The quantitative estimate of drug-likeness (QED) is 0.826. The third-order valence-electron chi connectivity index (χ3n) is 5.51. The van der Waals surface area contributed by atoms with E-state index in [1.165, 1.54) is 6.07 Å². The number of amides is 1. The topological polar surface area (TPSA) is 66.5 Å². The molecule has 28 heavy (non-hydrogen) atoms. The number of carbonyl (C=O) groups is 1. The Morgan fingerprint density at radius 2 is 1.61 bits per heavy atom. The van der Waals surface area contributed by atoms with Crippen LogP contribution in [-0.4, -0.2) is 31.7 Å². The number of carbonyl (C=O) groups excluding carboxylic acids is 1. The molecule has 0 aliphatic carbocycles. The zero-order valence-electron chi connectivity index (χ0n) is 16.8. The molecule has 0 atom stereocenters. The molecule has 0 spiro atoms. The van der Waals surface area contributed by atoms with Crippen molar-refractivity contribution in [1.29, 1.82) is 0 Å². The summed E-state index contributed by atoms with van der Waals surface area (Å²) in [5.41, 5.74) is 3.97. The van der Waals surface area contributed by atoms with Crippen molar-refractivity contribution in [2.75, 3.05) is 18.4 Å². The van der Waals surface area contributed by atoms with Crippen molar-refractivity contribution in [3.05, 3.63) is 58.7 Å². The van der Waals surface area contributed by atoms with Crippen molar-refractivity contribution >= 4 is 21.6 Å². The minimum atomic E-state index is -3.59. The monoisotopic (exact) mass is 400 g/mol. The molecule has 1 fully saturated rings. The number of rotatable bonds is 4. The van der Waals surface area contributed by atoms with Crippen LogP contribution in [0, 0.1) is 20.8 Å². The Kier molecular flexibility index (Phi) is 6.20. The first-order chi connectivity index (χ1) is 13.3. The van der Waals surface area contributed by atoms with Crippen LogP contribution in [0.4, 0.5) is 5.69 Å². The number of nitrogens with one attached hydrogen (secondary N) is 1. The van der Waals surface area contributed by atoms with Crippen molar-refractivity contribution < 1.29 is 13.2 Å². The predicted molar refractivity (Wildman–Crippen MR) is 112 cm³/mol. The molecule has 150 valence electrons. The standard InChI is InChI=1S/C22H28N2O3S/c1-16-9-8-10-21(18(16)3)23-22(25)20-15-19(12-11-17(20)2)28(26,27)24-13-6-4-5-7-14-24/h8-12,15H,4-7,13-14H2,1-3H3,(H,23,25). The normalized spacial score (nSPS) is 15.8. The van der Waals surface area contributed by atoms with Crippen LogP contribution in [-0.2, 0) is 10.0 Å². The molecule has 1 heterocycles. The Balaban J connectivity index is 1.90. The average Bonchev–Trinajstić information content (AvgIpc) is 2.95. The van der Waals surface area contributed by atoms with Crippen LogP contribution in [0.1, 0.15) is 52.7 Å². The lowest BCUT2D eigenvalue weighted by Crippen LogP contribution is -2.32. The fourth-order valence-electron chi connectivity index (χ4n) is 3.51. The van der Waals surface area contributed by atoms with Crippen LogP contribution in [0.5, 0.6) is 0 Å². The average molecular weight is 401 g/mol. The Bertz CT molecular complexity index is 975. The van der Waals surface area contributed by atoms with E-state index in [2.05, 4.69) is 5.32 Å². The van der Waals surface area contributed by atoms with Gasteiger partial charge in [0.25, 0.3) is 5.91 Å². The molecule has 0 radical (unpaired) electrons. The number of hydrogen-bond donors (Lipinski definition) is 1. The van der Waals surface area contributed by atoms with Gasteiger partial charge in [0.05, 0.1) is 4.90 Å². The molecule has 3 rings (SSSR count). The fourth-order valence-corrected chi connectivity index (χ4v) is 5.06. The van der Waals surface area contributed by atoms with Gasteiger partial charge in [-0.15, -0.1) is 0 Å². The number of nitrogens with zero attached hydrogens (tertiary/aromatic N) is 1. The number of anilines is 1. The van der Waals surface area contributed by atoms with Gasteiger partial charge >= 0.3 is 0 Å². The summed E-state index contributed by atoms with van der Waals surface area (Å²) in [4.78, 5) is 13.1. The Morgan fingerprint density at radius 3 is 2.29 bits per heavy atom. The summed E-state index contributed by atoms with van der Waals surface area (Å²) in [7, 11) is -3.59. The molecule has 0 unspecified atom stereocenters. The van der Waals surface area contributed by atoms with Gasteiger partial charge in [-0.1, -0.05) is 31.0 Å².